The maximum Gasteiger partial charge on any atom is 0.295 e. The van der Waals surface area contributed by atoms with Gasteiger partial charge in [-0.2, -0.15) is 0 Å². The van der Waals surface area contributed by atoms with Gasteiger partial charge in [0.05, 0.1) is 24.8 Å². The number of amides is 1. The lowest BCUT2D eigenvalue weighted by Crippen LogP contribution is -2.42. The zero-order valence-electron chi connectivity index (χ0n) is 21.5. The van der Waals surface area contributed by atoms with Crippen LogP contribution in [0.5, 0.6) is 5.75 Å². The molecule has 1 unspecified atom stereocenters. The first-order valence-electron chi connectivity index (χ1n) is 12.9. The lowest BCUT2D eigenvalue weighted by atomic mass is 9.95. The van der Waals surface area contributed by atoms with Crippen molar-refractivity contribution in [3.8, 4) is 5.75 Å². The van der Waals surface area contributed by atoms with Crippen LogP contribution in [0, 0.1) is 6.92 Å². The summed E-state index contributed by atoms with van der Waals surface area (Å²) in [4.78, 5) is 30.3. The van der Waals surface area contributed by atoms with Crippen LogP contribution in [-0.2, 0) is 20.9 Å². The summed E-state index contributed by atoms with van der Waals surface area (Å²) in [7, 11) is 0. The number of carbonyl (C=O) groups is 2. The number of carbonyl (C=O) groups excluding carboxylic acids is 2. The average molecular weight is 513 g/mol. The summed E-state index contributed by atoms with van der Waals surface area (Å²) in [6.45, 7) is 6.25. The summed E-state index contributed by atoms with van der Waals surface area (Å²) in [5.41, 5.74) is 3.46. The number of Topliss-reactive ketones (excluding diaryl/α,β-unsaturated/α-hetero) is 1. The molecule has 0 aliphatic carbocycles. The number of morpholine rings is 1. The van der Waals surface area contributed by atoms with E-state index in [0.29, 0.717) is 44.2 Å². The minimum Gasteiger partial charge on any atom is -0.507 e. The molecular weight excluding hydrogens is 480 g/mol. The van der Waals surface area contributed by atoms with Crippen molar-refractivity contribution in [2.45, 2.75) is 19.6 Å². The highest BCUT2D eigenvalue weighted by Gasteiger charge is 2.46. The number of hydrogen-bond acceptors (Lipinski definition) is 6. The molecular formula is C31H32N2O5. The largest absolute Gasteiger partial charge is 0.507 e. The van der Waals surface area contributed by atoms with Gasteiger partial charge >= 0.3 is 0 Å². The van der Waals surface area contributed by atoms with Gasteiger partial charge in [0, 0.05) is 31.7 Å². The van der Waals surface area contributed by atoms with Gasteiger partial charge in [0.1, 0.15) is 18.1 Å². The van der Waals surface area contributed by atoms with E-state index >= 15 is 0 Å². The van der Waals surface area contributed by atoms with E-state index in [4.69, 9.17) is 9.47 Å². The van der Waals surface area contributed by atoms with Crippen molar-refractivity contribution < 1.29 is 24.2 Å². The summed E-state index contributed by atoms with van der Waals surface area (Å²) in [5, 5.41) is 11.3. The van der Waals surface area contributed by atoms with E-state index in [1.807, 2.05) is 73.7 Å². The minimum atomic E-state index is -0.694. The van der Waals surface area contributed by atoms with Gasteiger partial charge in [-0.3, -0.25) is 14.5 Å². The summed E-state index contributed by atoms with van der Waals surface area (Å²) < 4.78 is 11.4. The summed E-state index contributed by atoms with van der Waals surface area (Å²) in [6, 6.07) is 23.9. The maximum atomic E-state index is 13.3. The van der Waals surface area contributed by atoms with E-state index in [-0.39, 0.29) is 11.3 Å². The molecule has 1 amide bonds. The summed E-state index contributed by atoms with van der Waals surface area (Å²) in [5.74, 6) is -0.742. The third-order valence-corrected chi connectivity index (χ3v) is 7.07. The molecule has 38 heavy (non-hydrogen) atoms. The van der Waals surface area contributed by atoms with Crippen LogP contribution in [0.15, 0.2) is 84.4 Å². The van der Waals surface area contributed by atoms with Crippen molar-refractivity contribution in [1.29, 1.82) is 0 Å². The molecule has 3 aromatic carbocycles. The highest BCUT2D eigenvalue weighted by Crippen LogP contribution is 2.39. The highest BCUT2D eigenvalue weighted by atomic mass is 16.5. The number of nitrogens with zero attached hydrogens (tertiary/aromatic N) is 2. The minimum absolute atomic E-state index is 0.110. The smallest absolute Gasteiger partial charge is 0.295 e. The second-order valence-corrected chi connectivity index (χ2v) is 9.66. The van der Waals surface area contributed by atoms with Gasteiger partial charge in [-0.05, 0) is 30.2 Å². The van der Waals surface area contributed by atoms with Crippen LogP contribution in [0.4, 0.5) is 0 Å². The molecule has 196 valence electrons. The second-order valence-electron chi connectivity index (χ2n) is 9.66. The SMILES string of the molecule is Cc1ccc(/C(O)=C2\C(=O)C(=O)N(CCN3CCOCC3)C2c2ccc(OCc3ccccc3)cc2)cc1. The molecule has 2 aliphatic heterocycles. The van der Waals surface area contributed by atoms with Crippen LogP contribution in [-0.4, -0.2) is 66.0 Å². The van der Waals surface area contributed by atoms with Crippen molar-refractivity contribution in [2.75, 3.05) is 39.4 Å². The Labute approximate surface area is 222 Å². The number of likely N-dealkylation sites (tertiary alicyclic amines) is 1. The zero-order chi connectivity index (χ0) is 26.5. The predicted molar refractivity (Wildman–Crippen MR) is 145 cm³/mol. The topological polar surface area (TPSA) is 79.3 Å². The maximum absolute atomic E-state index is 13.3. The Morgan fingerprint density at radius 3 is 2.29 bits per heavy atom. The Balaban J connectivity index is 1.44. The number of benzene rings is 3. The Bertz CT molecular complexity index is 1300. The number of ether oxygens (including phenoxy) is 2. The summed E-state index contributed by atoms with van der Waals surface area (Å²) in [6.07, 6.45) is 0. The summed E-state index contributed by atoms with van der Waals surface area (Å²) >= 11 is 0. The van der Waals surface area contributed by atoms with Gasteiger partial charge < -0.3 is 19.5 Å². The second kappa shape index (κ2) is 11.6. The van der Waals surface area contributed by atoms with Gasteiger partial charge in [-0.15, -0.1) is 0 Å². The average Bonchev–Trinajstić information content (AvgIpc) is 3.21. The number of rotatable bonds is 8. The fraction of sp³-hybridized carbons (Fsp3) is 0.290. The zero-order valence-corrected chi connectivity index (χ0v) is 21.5. The van der Waals surface area contributed by atoms with Crippen LogP contribution in [0.3, 0.4) is 0 Å². The van der Waals surface area contributed by atoms with Crippen molar-refractivity contribution in [3.63, 3.8) is 0 Å². The molecule has 0 spiro atoms. The number of hydrogen-bond donors (Lipinski definition) is 1. The third kappa shape index (κ3) is 5.64. The predicted octanol–water partition coefficient (Wildman–Crippen LogP) is 4.33. The molecule has 0 saturated carbocycles. The first kappa shape index (κ1) is 25.7. The van der Waals surface area contributed by atoms with Crippen LogP contribution >= 0.6 is 0 Å². The van der Waals surface area contributed by atoms with Gasteiger partial charge in [0.2, 0.25) is 0 Å². The van der Waals surface area contributed by atoms with Crippen molar-refractivity contribution in [1.82, 2.24) is 9.80 Å². The molecule has 5 rings (SSSR count). The third-order valence-electron chi connectivity index (χ3n) is 7.07. The fourth-order valence-corrected chi connectivity index (χ4v) is 4.89. The fourth-order valence-electron chi connectivity index (χ4n) is 4.89. The molecule has 0 radical (unpaired) electrons. The molecule has 0 aromatic heterocycles. The van der Waals surface area contributed by atoms with E-state index in [9.17, 15) is 14.7 Å². The number of ketones is 1. The monoisotopic (exact) mass is 512 g/mol. The number of aliphatic hydroxyl groups is 1. The Kier molecular flexibility index (Phi) is 7.86. The van der Waals surface area contributed by atoms with Gasteiger partial charge in [0.15, 0.2) is 0 Å². The Hall–Kier alpha value is -3.94. The lowest BCUT2D eigenvalue weighted by Gasteiger charge is -2.31. The molecule has 1 N–H and O–H groups in total. The Morgan fingerprint density at radius 2 is 1.61 bits per heavy atom. The normalized spacial score (nSPS) is 19.6. The number of aryl methyl sites for hydroxylation is 1. The lowest BCUT2D eigenvalue weighted by molar-refractivity contribution is -0.140. The van der Waals surface area contributed by atoms with Crippen LogP contribution in [0.2, 0.25) is 0 Å². The first-order valence-corrected chi connectivity index (χ1v) is 12.9. The van der Waals surface area contributed by atoms with Crippen LogP contribution in [0.25, 0.3) is 5.76 Å². The van der Waals surface area contributed by atoms with E-state index in [2.05, 4.69) is 4.90 Å². The Morgan fingerprint density at radius 1 is 0.921 bits per heavy atom. The van der Waals surface area contributed by atoms with Crippen molar-refractivity contribution in [2.24, 2.45) is 0 Å². The molecule has 2 aliphatic rings. The van der Waals surface area contributed by atoms with Gasteiger partial charge in [-0.1, -0.05) is 72.3 Å². The highest BCUT2D eigenvalue weighted by molar-refractivity contribution is 6.46. The molecule has 1 atom stereocenters. The molecule has 7 nitrogen and oxygen atoms in total. The molecule has 2 fully saturated rings. The van der Waals surface area contributed by atoms with E-state index in [0.717, 1.165) is 29.8 Å². The first-order chi connectivity index (χ1) is 18.5. The quantitative estimate of drug-likeness (QED) is 0.275. The van der Waals surface area contributed by atoms with Gasteiger partial charge in [0.25, 0.3) is 11.7 Å². The molecule has 0 bridgehead atoms. The van der Waals surface area contributed by atoms with E-state index in [1.54, 1.807) is 17.0 Å². The van der Waals surface area contributed by atoms with Crippen molar-refractivity contribution >= 4 is 17.4 Å². The molecule has 7 heteroatoms. The number of aliphatic hydroxyl groups excluding tert-OH is 1. The van der Waals surface area contributed by atoms with Gasteiger partial charge in [-0.25, -0.2) is 0 Å². The van der Waals surface area contributed by atoms with Crippen LogP contribution in [0.1, 0.15) is 28.3 Å². The molecule has 2 heterocycles. The van der Waals surface area contributed by atoms with E-state index in [1.165, 1.54) is 0 Å². The van der Waals surface area contributed by atoms with Crippen LogP contribution < -0.4 is 4.74 Å². The molecule has 3 aromatic rings. The van der Waals surface area contributed by atoms with E-state index < -0.39 is 17.7 Å². The van der Waals surface area contributed by atoms with Crippen molar-refractivity contribution in [3.05, 3.63) is 107 Å². The standard InChI is InChI=1S/C31H32N2O5/c1-22-7-9-25(10-8-22)29(34)27-28(33(31(36)30(27)35)16-15-32-17-19-37-20-18-32)24-11-13-26(14-12-24)38-21-23-5-3-2-4-6-23/h2-14,28,34H,15-21H2,1H3/b29-27+. The molecule has 2 saturated heterocycles.